The van der Waals surface area contributed by atoms with Crippen LogP contribution in [0.1, 0.15) is 0 Å². The number of rotatable bonds is 4. The molecular weight excluding hydrogens is 685 g/mol. The van der Waals surface area contributed by atoms with E-state index in [0.29, 0.717) is 0 Å². The molecule has 0 spiro atoms. The Morgan fingerprint density at radius 1 is 0.327 bits per heavy atom. The predicted octanol–water partition coefficient (Wildman–Crippen LogP) is 14.7. The molecule has 0 amide bonds. The highest BCUT2D eigenvalue weighted by molar-refractivity contribution is 7.26. The molecule has 9 aromatic carbocycles. The highest BCUT2D eigenvalue weighted by Gasteiger charge is 2.19. The van der Waals surface area contributed by atoms with Gasteiger partial charge in [-0.15, -0.1) is 11.3 Å². The van der Waals surface area contributed by atoms with Crippen LogP contribution in [-0.2, 0) is 0 Å². The summed E-state index contributed by atoms with van der Waals surface area (Å²) in [6.07, 6.45) is 0. The number of hydrogen-bond acceptors (Lipinski definition) is 1. The topological polar surface area (TPSA) is 9.86 Å². The molecule has 3 aromatic heterocycles. The Balaban J connectivity index is 1.11. The molecule has 0 bridgehead atoms. The molecule has 0 N–H and O–H groups in total. The van der Waals surface area contributed by atoms with Gasteiger partial charge in [0.15, 0.2) is 0 Å². The maximum atomic E-state index is 2.47. The van der Waals surface area contributed by atoms with E-state index >= 15 is 0 Å². The van der Waals surface area contributed by atoms with E-state index in [-0.39, 0.29) is 0 Å². The lowest BCUT2D eigenvalue weighted by molar-refractivity contribution is 1.18. The molecule has 0 radical (unpaired) electrons. The molecule has 0 saturated carbocycles. The Bertz CT molecular complexity index is 3480. The zero-order chi connectivity index (χ0) is 36.0. The first kappa shape index (κ1) is 30.5. The number of hydrogen-bond donors (Lipinski definition) is 0. The third-order valence-corrected chi connectivity index (χ3v) is 12.7. The molecule has 256 valence electrons. The summed E-state index contributed by atoms with van der Waals surface area (Å²) in [6.45, 7) is 0. The highest BCUT2D eigenvalue weighted by atomic mass is 32.1. The Kier molecular flexibility index (Phi) is 6.54. The van der Waals surface area contributed by atoms with E-state index < -0.39 is 0 Å². The Morgan fingerprint density at radius 2 is 0.873 bits per heavy atom. The summed E-state index contributed by atoms with van der Waals surface area (Å²) < 4.78 is 7.52. The van der Waals surface area contributed by atoms with Gasteiger partial charge in [0.1, 0.15) is 0 Å². The van der Waals surface area contributed by atoms with E-state index in [4.69, 9.17) is 0 Å². The van der Waals surface area contributed by atoms with E-state index in [1.165, 1.54) is 108 Å². The van der Waals surface area contributed by atoms with Gasteiger partial charge in [-0.3, -0.25) is 0 Å². The van der Waals surface area contributed by atoms with Crippen LogP contribution in [0.5, 0.6) is 0 Å². The second kappa shape index (κ2) is 11.8. The van der Waals surface area contributed by atoms with E-state index in [2.05, 4.69) is 203 Å². The van der Waals surface area contributed by atoms with Crippen LogP contribution in [0.2, 0.25) is 0 Å². The molecule has 0 atom stereocenters. The smallest absolute Gasteiger partial charge is 0.0541 e. The lowest BCUT2D eigenvalue weighted by atomic mass is 9.98. The highest BCUT2D eigenvalue weighted by Crippen LogP contribution is 2.43. The number of nitrogens with zero attached hydrogens (tertiary/aromatic N) is 2. The van der Waals surface area contributed by atoms with E-state index in [0.717, 1.165) is 0 Å². The van der Waals surface area contributed by atoms with E-state index in [1.807, 2.05) is 11.3 Å². The largest absolute Gasteiger partial charge is 0.309 e. The molecule has 0 aliphatic carbocycles. The van der Waals surface area contributed by atoms with E-state index in [1.54, 1.807) is 0 Å². The van der Waals surface area contributed by atoms with Gasteiger partial charge in [0, 0.05) is 52.8 Å². The van der Waals surface area contributed by atoms with Gasteiger partial charge in [-0.2, -0.15) is 0 Å². The molecule has 3 heterocycles. The van der Waals surface area contributed by atoms with Crippen LogP contribution < -0.4 is 0 Å². The summed E-state index contributed by atoms with van der Waals surface area (Å²) in [5.74, 6) is 0. The lowest BCUT2D eigenvalue weighted by Gasteiger charge is -2.12. The second-order valence-electron chi connectivity index (χ2n) is 14.5. The SMILES string of the molecule is c1ccc(-n2c3ccccc3c3cc(-c4ccc5c(c4)c4cc(-c6cccc7c6sc6ccccc67)ccc4n5-c4cccc5ccccc45)ccc32)cc1. The molecule has 55 heavy (non-hydrogen) atoms. The first-order valence-electron chi connectivity index (χ1n) is 18.8. The molecule has 0 saturated heterocycles. The van der Waals surface area contributed by atoms with Crippen LogP contribution in [0.4, 0.5) is 0 Å². The van der Waals surface area contributed by atoms with Gasteiger partial charge in [-0.05, 0) is 94.4 Å². The number of aromatic nitrogens is 2. The van der Waals surface area contributed by atoms with Crippen molar-refractivity contribution in [3.8, 4) is 33.6 Å². The molecule has 0 unspecified atom stereocenters. The van der Waals surface area contributed by atoms with Crippen LogP contribution in [0.25, 0.3) is 108 Å². The van der Waals surface area contributed by atoms with Gasteiger partial charge in [0.05, 0.1) is 27.8 Å². The van der Waals surface area contributed by atoms with Crippen molar-refractivity contribution in [2.75, 3.05) is 0 Å². The third kappa shape index (κ3) is 4.54. The Hall–Kier alpha value is -6.94. The number of para-hydroxylation sites is 2. The summed E-state index contributed by atoms with van der Waals surface area (Å²) in [6, 6.07) is 71.5. The minimum Gasteiger partial charge on any atom is -0.309 e. The van der Waals surface area contributed by atoms with Gasteiger partial charge >= 0.3 is 0 Å². The molecule has 2 nitrogen and oxygen atoms in total. The van der Waals surface area contributed by atoms with Crippen molar-refractivity contribution in [2.45, 2.75) is 0 Å². The number of benzene rings is 9. The monoisotopic (exact) mass is 716 g/mol. The first-order valence-corrected chi connectivity index (χ1v) is 19.7. The quantitative estimate of drug-likeness (QED) is 0.172. The van der Waals surface area contributed by atoms with Crippen molar-refractivity contribution in [3.63, 3.8) is 0 Å². The maximum Gasteiger partial charge on any atom is 0.0541 e. The molecule has 0 aliphatic heterocycles. The summed E-state index contributed by atoms with van der Waals surface area (Å²) in [7, 11) is 0. The summed E-state index contributed by atoms with van der Waals surface area (Å²) >= 11 is 1.89. The van der Waals surface area contributed by atoms with Crippen LogP contribution in [0.15, 0.2) is 194 Å². The molecule has 3 heteroatoms. The number of fused-ring (bicyclic) bond motifs is 10. The summed E-state index contributed by atoms with van der Waals surface area (Å²) in [4.78, 5) is 0. The standard InChI is InChI=1S/C52H32N2S/c1-2-14-37(15-3-1)53-47-21-8-6-17-40(47)43-30-34(24-27-48(43)53)35-25-28-49-44(31-35)45-32-36(39-19-11-20-42-41-18-7-9-23-51(41)55-52(39)42)26-29-50(45)54(49)46-22-10-13-33-12-4-5-16-38(33)46/h1-32H. The van der Waals surface area contributed by atoms with Crippen molar-refractivity contribution >= 4 is 85.9 Å². The molecule has 12 aromatic rings. The first-order chi connectivity index (χ1) is 27.3. The molecule has 0 fully saturated rings. The van der Waals surface area contributed by atoms with Gasteiger partial charge in [0.25, 0.3) is 0 Å². The average molecular weight is 717 g/mol. The molecule has 12 rings (SSSR count). The Morgan fingerprint density at radius 3 is 1.67 bits per heavy atom. The fourth-order valence-corrected chi connectivity index (χ4v) is 10.3. The zero-order valence-corrected chi connectivity index (χ0v) is 30.6. The average Bonchev–Trinajstić information content (AvgIpc) is 3.91. The van der Waals surface area contributed by atoms with Crippen molar-refractivity contribution in [1.82, 2.24) is 9.13 Å². The van der Waals surface area contributed by atoms with Crippen molar-refractivity contribution in [3.05, 3.63) is 194 Å². The minimum absolute atomic E-state index is 1.17. The van der Waals surface area contributed by atoms with Crippen LogP contribution in [-0.4, -0.2) is 9.13 Å². The van der Waals surface area contributed by atoms with Crippen LogP contribution >= 0.6 is 11.3 Å². The van der Waals surface area contributed by atoms with Crippen molar-refractivity contribution in [2.24, 2.45) is 0 Å². The second-order valence-corrected chi connectivity index (χ2v) is 15.6. The molecule has 0 aliphatic rings. The van der Waals surface area contributed by atoms with Crippen LogP contribution in [0.3, 0.4) is 0 Å². The predicted molar refractivity (Wildman–Crippen MR) is 236 cm³/mol. The third-order valence-electron chi connectivity index (χ3n) is 11.5. The Labute approximate surface area is 321 Å². The fraction of sp³-hybridized carbons (Fsp3) is 0. The van der Waals surface area contributed by atoms with Crippen LogP contribution in [0, 0.1) is 0 Å². The van der Waals surface area contributed by atoms with Gasteiger partial charge in [-0.1, -0.05) is 127 Å². The van der Waals surface area contributed by atoms with Gasteiger partial charge < -0.3 is 9.13 Å². The van der Waals surface area contributed by atoms with Gasteiger partial charge in [-0.25, -0.2) is 0 Å². The van der Waals surface area contributed by atoms with Gasteiger partial charge in [0.2, 0.25) is 0 Å². The van der Waals surface area contributed by atoms with E-state index in [9.17, 15) is 0 Å². The number of thiophene rings is 1. The summed E-state index contributed by atoms with van der Waals surface area (Å²) in [5, 5.41) is 10.1. The van der Waals surface area contributed by atoms with Crippen molar-refractivity contribution < 1.29 is 0 Å². The normalized spacial score (nSPS) is 12.0. The fourth-order valence-electron chi connectivity index (χ4n) is 9.02. The van der Waals surface area contributed by atoms with Crippen molar-refractivity contribution in [1.29, 1.82) is 0 Å². The minimum atomic E-state index is 1.17. The summed E-state index contributed by atoms with van der Waals surface area (Å²) in [5.41, 5.74) is 12.1. The molecular formula is C52H32N2S. The maximum absolute atomic E-state index is 2.47. The lowest BCUT2D eigenvalue weighted by Crippen LogP contribution is -1.95. The zero-order valence-electron chi connectivity index (χ0n) is 29.8.